The second kappa shape index (κ2) is 11.1. The number of hydrogen-bond acceptors (Lipinski definition) is 6. The lowest BCUT2D eigenvalue weighted by molar-refractivity contribution is -0.118. The summed E-state index contributed by atoms with van der Waals surface area (Å²) in [6.45, 7) is 10.3. The smallest absolute Gasteiger partial charge is 0.303 e. The van der Waals surface area contributed by atoms with Crippen molar-refractivity contribution in [2.75, 3.05) is 44.2 Å². The average molecular weight is 530 g/mol. The molecule has 0 radical (unpaired) electrons. The Morgan fingerprint density at radius 2 is 1.56 bits per heavy atom. The molecule has 0 spiro atoms. The summed E-state index contributed by atoms with van der Waals surface area (Å²) in [5, 5.41) is 4.87. The van der Waals surface area contributed by atoms with Crippen LogP contribution in [0.3, 0.4) is 0 Å². The van der Waals surface area contributed by atoms with Crippen LogP contribution in [0.25, 0.3) is 17.1 Å². The molecule has 3 aliphatic rings. The minimum Gasteiger partial charge on any atom is -0.303 e. The molecule has 0 atom stereocenters. The molecule has 0 aliphatic carbocycles. The molecule has 3 aromatic rings. The van der Waals surface area contributed by atoms with E-state index in [1.807, 2.05) is 12.1 Å². The van der Waals surface area contributed by atoms with Crippen molar-refractivity contribution in [1.82, 2.24) is 29.1 Å². The van der Waals surface area contributed by atoms with E-state index in [4.69, 9.17) is 10.1 Å². The summed E-state index contributed by atoms with van der Waals surface area (Å²) in [4.78, 5) is 39.1. The fraction of sp³-hybridized carbons (Fsp3) is 0.533. The Labute approximate surface area is 230 Å². The number of aromatic nitrogens is 4. The van der Waals surface area contributed by atoms with Crippen molar-refractivity contribution >= 4 is 17.4 Å². The molecular weight excluding hydrogens is 490 g/mol. The van der Waals surface area contributed by atoms with Crippen molar-refractivity contribution in [3.05, 3.63) is 52.1 Å². The average Bonchev–Trinajstić information content (AvgIpc) is 3.71. The monoisotopic (exact) mass is 529 g/mol. The second-order valence-corrected chi connectivity index (χ2v) is 11.0. The minimum atomic E-state index is -0.164. The molecule has 3 aliphatic heterocycles. The fourth-order valence-electron chi connectivity index (χ4n) is 6.39. The van der Waals surface area contributed by atoms with Gasteiger partial charge < -0.3 is 4.90 Å². The van der Waals surface area contributed by atoms with Gasteiger partial charge in [0.1, 0.15) is 0 Å². The molecule has 0 bridgehead atoms. The highest BCUT2D eigenvalue weighted by atomic mass is 16.2. The number of rotatable bonds is 8. The van der Waals surface area contributed by atoms with Crippen LogP contribution in [0.4, 0.5) is 11.5 Å². The SMILES string of the molecule is CCc1cc2c(cc1CC)-n1c(nn(CCCN3CCCC3)c1=O)-c1cccnc1N2C(=O)CN1CCCC1. The highest BCUT2D eigenvalue weighted by Gasteiger charge is 2.34. The number of hydrogen-bond donors (Lipinski definition) is 0. The maximum Gasteiger partial charge on any atom is 0.350 e. The number of carbonyl (C=O) groups excluding carboxylic acids is 1. The quantitative estimate of drug-likeness (QED) is 0.442. The van der Waals surface area contributed by atoms with Crippen molar-refractivity contribution in [3.63, 3.8) is 0 Å². The van der Waals surface area contributed by atoms with Crippen molar-refractivity contribution in [3.8, 4) is 17.1 Å². The molecule has 1 aromatic carbocycles. The first-order chi connectivity index (χ1) is 19.1. The Morgan fingerprint density at radius 3 is 2.26 bits per heavy atom. The van der Waals surface area contributed by atoms with Gasteiger partial charge in [0.2, 0.25) is 5.91 Å². The van der Waals surface area contributed by atoms with Crippen LogP contribution < -0.4 is 10.6 Å². The van der Waals surface area contributed by atoms with Gasteiger partial charge in [0, 0.05) is 12.7 Å². The molecule has 0 unspecified atom stereocenters. The van der Waals surface area contributed by atoms with E-state index in [1.54, 1.807) is 20.3 Å². The highest BCUT2D eigenvalue weighted by Crippen LogP contribution is 2.41. The van der Waals surface area contributed by atoms with Crippen molar-refractivity contribution < 1.29 is 4.79 Å². The first-order valence-electron chi connectivity index (χ1n) is 14.7. The topological polar surface area (TPSA) is 79.5 Å². The van der Waals surface area contributed by atoms with Gasteiger partial charge in [-0.05, 0) is 113 Å². The van der Waals surface area contributed by atoms with Crippen LogP contribution in [0.1, 0.15) is 57.1 Å². The van der Waals surface area contributed by atoms with Crippen LogP contribution in [0.15, 0.2) is 35.3 Å². The highest BCUT2D eigenvalue weighted by molar-refractivity contribution is 6.06. The lowest BCUT2D eigenvalue weighted by Crippen LogP contribution is -2.38. The zero-order chi connectivity index (χ0) is 26.9. The van der Waals surface area contributed by atoms with Gasteiger partial charge >= 0.3 is 5.69 Å². The Hall–Kier alpha value is -3.30. The summed E-state index contributed by atoms with van der Waals surface area (Å²) in [5.41, 5.74) is 4.33. The Morgan fingerprint density at radius 1 is 0.897 bits per heavy atom. The van der Waals surface area contributed by atoms with Crippen LogP contribution in [0.5, 0.6) is 0 Å². The van der Waals surface area contributed by atoms with Gasteiger partial charge in [-0.15, -0.1) is 5.10 Å². The van der Waals surface area contributed by atoms with Gasteiger partial charge in [-0.3, -0.25) is 14.6 Å². The Kier molecular flexibility index (Phi) is 7.36. The Bertz CT molecular complexity index is 1410. The predicted molar refractivity (Wildman–Crippen MR) is 153 cm³/mol. The normalized spacial score (nSPS) is 17.2. The zero-order valence-corrected chi connectivity index (χ0v) is 23.2. The third-order valence-corrected chi connectivity index (χ3v) is 8.47. The Balaban J connectivity index is 1.48. The number of likely N-dealkylation sites (tertiary alicyclic amines) is 2. The van der Waals surface area contributed by atoms with Crippen molar-refractivity contribution in [2.45, 2.75) is 65.3 Å². The summed E-state index contributed by atoms with van der Waals surface area (Å²) in [6.07, 6.45) is 9.03. The number of pyridine rings is 1. The number of nitrogens with zero attached hydrogens (tertiary/aromatic N) is 7. The van der Waals surface area contributed by atoms with E-state index in [2.05, 4.69) is 35.8 Å². The molecule has 2 aromatic heterocycles. The van der Waals surface area contributed by atoms with Gasteiger partial charge in [0.15, 0.2) is 11.6 Å². The number of carbonyl (C=O) groups is 1. The molecule has 2 fully saturated rings. The van der Waals surface area contributed by atoms with E-state index in [-0.39, 0.29) is 11.6 Å². The molecule has 2 saturated heterocycles. The second-order valence-electron chi connectivity index (χ2n) is 11.0. The van der Waals surface area contributed by atoms with E-state index in [9.17, 15) is 9.59 Å². The van der Waals surface area contributed by atoms with Gasteiger partial charge in [-0.1, -0.05) is 13.8 Å². The fourth-order valence-corrected chi connectivity index (χ4v) is 6.39. The van der Waals surface area contributed by atoms with Gasteiger partial charge in [-0.2, -0.15) is 0 Å². The first-order valence-corrected chi connectivity index (χ1v) is 14.7. The summed E-state index contributed by atoms with van der Waals surface area (Å²) in [7, 11) is 0. The van der Waals surface area contributed by atoms with Crippen LogP contribution in [0.2, 0.25) is 0 Å². The third-order valence-electron chi connectivity index (χ3n) is 8.47. The predicted octanol–water partition coefficient (Wildman–Crippen LogP) is 3.78. The van der Waals surface area contributed by atoms with Gasteiger partial charge in [-0.25, -0.2) is 19.0 Å². The maximum atomic E-state index is 14.0. The standard InChI is InChI=1S/C30H39N7O2/c1-3-22-19-25-26(20-23(22)4-2)37-29(32-35(30(37)39)18-10-17-33-13-5-6-14-33)24-11-9-12-31-28(24)36(25)27(38)21-34-15-7-8-16-34/h9,11-12,19-20H,3-8,10,13-18,21H2,1-2H3. The van der Waals surface area contributed by atoms with E-state index in [0.717, 1.165) is 64.8 Å². The number of aryl methyl sites for hydroxylation is 3. The van der Waals surface area contributed by atoms with E-state index >= 15 is 0 Å². The molecular formula is C30H39N7O2. The molecule has 206 valence electrons. The van der Waals surface area contributed by atoms with Crippen LogP contribution in [0, 0.1) is 0 Å². The van der Waals surface area contributed by atoms with Crippen molar-refractivity contribution in [2.24, 2.45) is 0 Å². The molecule has 39 heavy (non-hydrogen) atoms. The molecule has 0 saturated carbocycles. The summed E-state index contributed by atoms with van der Waals surface area (Å²) >= 11 is 0. The van der Waals surface area contributed by atoms with Gasteiger partial charge in [0.05, 0.1) is 23.5 Å². The summed E-state index contributed by atoms with van der Waals surface area (Å²) < 4.78 is 3.32. The van der Waals surface area contributed by atoms with Gasteiger partial charge in [0.25, 0.3) is 0 Å². The molecule has 6 rings (SSSR count). The lowest BCUT2D eigenvalue weighted by atomic mass is 10.00. The van der Waals surface area contributed by atoms with Crippen LogP contribution in [-0.4, -0.2) is 74.3 Å². The summed E-state index contributed by atoms with van der Waals surface area (Å²) in [6, 6.07) is 7.98. The number of amides is 1. The third kappa shape index (κ3) is 4.82. The van der Waals surface area contributed by atoms with E-state index in [0.29, 0.717) is 41.7 Å². The molecule has 5 heterocycles. The number of benzene rings is 1. The molecule has 0 N–H and O–H groups in total. The molecule has 1 amide bonds. The summed E-state index contributed by atoms with van der Waals surface area (Å²) in [5.74, 6) is 1.07. The first kappa shape index (κ1) is 26.0. The van der Waals surface area contributed by atoms with E-state index < -0.39 is 0 Å². The molecule has 9 heteroatoms. The zero-order valence-electron chi connectivity index (χ0n) is 23.2. The largest absolute Gasteiger partial charge is 0.350 e. The van der Waals surface area contributed by atoms with Crippen LogP contribution >= 0.6 is 0 Å². The van der Waals surface area contributed by atoms with Crippen molar-refractivity contribution in [1.29, 1.82) is 0 Å². The van der Waals surface area contributed by atoms with E-state index in [1.165, 1.54) is 24.0 Å². The molecule has 9 nitrogen and oxygen atoms in total. The van der Waals surface area contributed by atoms with Crippen LogP contribution in [-0.2, 0) is 24.2 Å². The minimum absolute atomic E-state index is 0.0268. The number of anilines is 2. The lowest BCUT2D eigenvalue weighted by Gasteiger charge is -2.27. The number of fused-ring (bicyclic) bond motifs is 5. The maximum absolute atomic E-state index is 14.0.